The number of piperidine rings is 1. The van der Waals surface area contributed by atoms with Crippen LogP contribution in [-0.2, 0) is 32.7 Å². The van der Waals surface area contributed by atoms with E-state index in [-0.39, 0.29) is 36.2 Å². The number of rotatable bonds is 10. The molecule has 1 saturated heterocycles. The molecule has 6 heteroatoms. The Morgan fingerprint density at radius 1 is 1.00 bits per heavy atom. The molecular formula is C33H43NO5. The van der Waals surface area contributed by atoms with Crippen LogP contribution in [0.1, 0.15) is 88.3 Å². The van der Waals surface area contributed by atoms with Gasteiger partial charge >= 0.3 is 12.1 Å². The first-order valence-corrected chi connectivity index (χ1v) is 15.0. The van der Waals surface area contributed by atoms with Gasteiger partial charge in [0.25, 0.3) is 0 Å². The average molecular weight is 534 g/mol. The van der Waals surface area contributed by atoms with Gasteiger partial charge in [-0.1, -0.05) is 75.9 Å². The number of carbonyl (C=O) groups excluding carboxylic acids is 2. The van der Waals surface area contributed by atoms with Crippen LogP contribution in [0.5, 0.6) is 5.75 Å². The van der Waals surface area contributed by atoms with Crippen LogP contribution < -0.4 is 4.74 Å². The van der Waals surface area contributed by atoms with E-state index in [1.165, 1.54) is 24.0 Å². The number of hydrogen-bond donors (Lipinski definition) is 0. The normalized spacial score (nSPS) is 23.5. The Morgan fingerprint density at radius 2 is 1.79 bits per heavy atom. The smallest absolute Gasteiger partial charge is 0.410 e. The minimum Gasteiger partial charge on any atom is -0.457 e. The van der Waals surface area contributed by atoms with E-state index in [9.17, 15) is 9.59 Å². The summed E-state index contributed by atoms with van der Waals surface area (Å²) in [6.45, 7) is 5.16. The lowest BCUT2D eigenvalue weighted by Gasteiger charge is -2.58. The topological polar surface area (TPSA) is 65.1 Å². The zero-order chi connectivity index (χ0) is 27.2. The van der Waals surface area contributed by atoms with Gasteiger partial charge in [-0.05, 0) is 73.3 Å². The number of ether oxygens (including phenoxy) is 3. The van der Waals surface area contributed by atoms with E-state index < -0.39 is 0 Å². The fourth-order valence-electron chi connectivity index (χ4n) is 7.45. The van der Waals surface area contributed by atoms with Crippen molar-refractivity contribution in [2.24, 2.45) is 11.8 Å². The zero-order valence-electron chi connectivity index (χ0n) is 23.5. The molecule has 6 nitrogen and oxygen atoms in total. The summed E-state index contributed by atoms with van der Waals surface area (Å²) in [5, 5.41) is 0. The Kier molecular flexibility index (Phi) is 8.79. The van der Waals surface area contributed by atoms with Crippen molar-refractivity contribution in [3.8, 4) is 5.75 Å². The number of fused-ring (bicyclic) bond motifs is 1. The third kappa shape index (κ3) is 5.80. The highest BCUT2D eigenvalue weighted by Gasteiger charge is 2.55. The second-order valence-corrected chi connectivity index (χ2v) is 11.6. The molecule has 0 N–H and O–H groups in total. The molecule has 2 aromatic carbocycles. The van der Waals surface area contributed by atoms with Gasteiger partial charge in [-0.25, -0.2) is 4.79 Å². The predicted molar refractivity (Wildman–Crippen MR) is 150 cm³/mol. The summed E-state index contributed by atoms with van der Waals surface area (Å²) in [6.07, 6.45) is 9.92. The van der Waals surface area contributed by atoms with Crippen molar-refractivity contribution in [3.05, 3.63) is 65.2 Å². The van der Waals surface area contributed by atoms with Crippen LogP contribution in [0.25, 0.3) is 0 Å². The highest BCUT2D eigenvalue weighted by molar-refractivity contribution is 5.72. The van der Waals surface area contributed by atoms with E-state index in [1.54, 1.807) is 0 Å². The Hall–Kier alpha value is -3.02. The summed E-state index contributed by atoms with van der Waals surface area (Å²) in [5.41, 5.74) is 3.75. The molecule has 210 valence electrons. The number of likely N-dealkylation sites (tertiary alicyclic amines) is 1. The fourth-order valence-corrected chi connectivity index (χ4v) is 7.45. The molecule has 1 saturated carbocycles. The van der Waals surface area contributed by atoms with E-state index in [4.69, 9.17) is 14.2 Å². The Labute approximate surface area is 233 Å². The summed E-state index contributed by atoms with van der Waals surface area (Å²) in [7, 11) is 0. The lowest BCUT2D eigenvalue weighted by molar-refractivity contribution is -0.155. The summed E-state index contributed by atoms with van der Waals surface area (Å²) in [6, 6.07) is 16.4. The largest absolute Gasteiger partial charge is 0.457 e. The van der Waals surface area contributed by atoms with Gasteiger partial charge in [0.15, 0.2) is 0 Å². The number of carbonyl (C=O) groups is 2. The van der Waals surface area contributed by atoms with Gasteiger partial charge in [0.05, 0.1) is 5.92 Å². The molecule has 1 amide bonds. The molecule has 0 spiro atoms. The van der Waals surface area contributed by atoms with Crippen molar-refractivity contribution in [2.45, 2.75) is 96.1 Å². The second-order valence-electron chi connectivity index (χ2n) is 11.6. The van der Waals surface area contributed by atoms with E-state index in [0.717, 1.165) is 62.7 Å². The maximum absolute atomic E-state index is 13.3. The minimum absolute atomic E-state index is 0.0458. The van der Waals surface area contributed by atoms with Crippen molar-refractivity contribution in [3.63, 3.8) is 0 Å². The van der Waals surface area contributed by atoms with E-state index in [0.29, 0.717) is 19.1 Å². The number of benzene rings is 2. The molecule has 2 fully saturated rings. The third-order valence-corrected chi connectivity index (χ3v) is 9.28. The highest BCUT2D eigenvalue weighted by atomic mass is 16.7. The van der Waals surface area contributed by atoms with Crippen LogP contribution in [0.4, 0.5) is 4.79 Å². The average Bonchev–Trinajstić information content (AvgIpc) is 2.96. The van der Waals surface area contributed by atoms with E-state index in [1.807, 2.05) is 41.3 Å². The lowest BCUT2D eigenvalue weighted by Crippen LogP contribution is -2.62. The Bertz CT molecular complexity index is 1130. The van der Waals surface area contributed by atoms with Crippen molar-refractivity contribution in [1.29, 1.82) is 0 Å². The predicted octanol–water partition coefficient (Wildman–Crippen LogP) is 7.18. The highest BCUT2D eigenvalue weighted by Crippen LogP contribution is 2.56. The molecule has 0 aromatic heterocycles. The molecule has 0 radical (unpaired) electrons. The first-order chi connectivity index (χ1) is 19.1. The molecule has 3 atom stereocenters. The molecule has 1 aliphatic heterocycles. The first kappa shape index (κ1) is 27.5. The summed E-state index contributed by atoms with van der Waals surface area (Å²) in [5.74, 6) is 0.979. The molecule has 0 unspecified atom stereocenters. The van der Waals surface area contributed by atoms with E-state index >= 15 is 0 Å². The number of esters is 1. The molecule has 2 aliphatic carbocycles. The Morgan fingerprint density at radius 3 is 2.56 bits per heavy atom. The van der Waals surface area contributed by atoms with Gasteiger partial charge in [0.1, 0.15) is 12.4 Å². The molecule has 2 bridgehead atoms. The Balaban J connectivity index is 1.28. The van der Waals surface area contributed by atoms with Crippen LogP contribution in [0.2, 0.25) is 0 Å². The standard InChI is InChI=1S/C33H43NO5/c1-3-10-25(11-4-2)31(35)39-23-38-27-16-15-26-20-30-28-14-8-9-17-33(28,29(26)21-27)18-19-34(30)32(36)37-22-24-12-6-5-7-13-24/h5-7,12-13,15-16,21,25,28,30H,3-4,8-11,14,17-20,22-23H2,1-2H3/t28-,30+,33+/m1/s1. The molecule has 1 heterocycles. The lowest BCUT2D eigenvalue weighted by atomic mass is 9.52. The maximum atomic E-state index is 13.3. The van der Waals surface area contributed by atoms with Gasteiger partial charge in [-0.15, -0.1) is 0 Å². The van der Waals surface area contributed by atoms with Gasteiger partial charge in [-0.2, -0.15) is 0 Å². The van der Waals surface area contributed by atoms with Crippen molar-refractivity contribution in [2.75, 3.05) is 13.3 Å². The van der Waals surface area contributed by atoms with Gasteiger partial charge in [0.2, 0.25) is 6.79 Å². The molecule has 3 aliphatic rings. The minimum atomic E-state index is -0.197. The number of hydrogen-bond acceptors (Lipinski definition) is 5. The summed E-state index contributed by atoms with van der Waals surface area (Å²) in [4.78, 5) is 27.8. The molecule has 39 heavy (non-hydrogen) atoms. The first-order valence-electron chi connectivity index (χ1n) is 15.0. The fraction of sp³-hybridized carbons (Fsp3) is 0.576. The zero-order valence-corrected chi connectivity index (χ0v) is 23.5. The van der Waals surface area contributed by atoms with Crippen LogP contribution in [0.3, 0.4) is 0 Å². The summed E-state index contributed by atoms with van der Waals surface area (Å²) < 4.78 is 17.3. The number of nitrogens with zero attached hydrogens (tertiary/aromatic N) is 1. The quantitative estimate of drug-likeness (QED) is 0.239. The molecule has 5 rings (SSSR count). The number of amides is 1. The van der Waals surface area contributed by atoms with Crippen LogP contribution in [0, 0.1) is 11.8 Å². The summed E-state index contributed by atoms with van der Waals surface area (Å²) >= 11 is 0. The van der Waals surface area contributed by atoms with Crippen LogP contribution in [-0.4, -0.2) is 36.3 Å². The monoisotopic (exact) mass is 533 g/mol. The second kappa shape index (κ2) is 12.4. The maximum Gasteiger partial charge on any atom is 0.410 e. The van der Waals surface area contributed by atoms with Crippen molar-refractivity contribution < 1.29 is 23.8 Å². The van der Waals surface area contributed by atoms with Crippen molar-refractivity contribution >= 4 is 12.1 Å². The SMILES string of the molecule is CCCC(CCC)C(=O)OCOc1ccc2c(c1)[C@]13CCCC[C@@H]1[C@H](C2)N(C(=O)OCc1ccccc1)CC3. The van der Waals surface area contributed by atoms with Crippen LogP contribution >= 0.6 is 0 Å². The molecule has 2 aromatic rings. The van der Waals surface area contributed by atoms with Gasteiger partial charge < -0.3 is 19.1 Å². The van der Waals surface area contributed by atoms with Crippen LogP contribution in [0.15, 0.2) is 48.5 Å². The van der Waals surface area contributed by atoms with E-state index in [2.05, 4.69) is 26.0 Å². The third-order valence-electron chi connectivity index (χ3n) is 9.28. The molecular weight excluding hydrogens is 490 g/mol. The van der Waals surface area contributed by atoms with Crippen molar-refractivity contribution in [1.82, 2.24) is 4.90 Å². The van der Waals surface area contributed by atoms with Gasteiger partial charge in [-0.3, -0.25) is 4.79 Å². The van der Waals surface area contributed by atoms with Gasteiger partial charge in [0, 0.05) is 18.0 Å².